The Morgan fingerprint density at radius 2 is 2.35 bits per heavy atom. The molecule has 0 radical (unpaired) electrons. The Morgan fingerprint density at radius 3 is 3.24 bits per heavy atom. The van der Waals surface area contributed by atoms with E-state index in [0.717, 1.165) is 38.1 Å². The van der Waals surface area contributed by atoms with Crippen molar-refractivity contribution in [3.63, 3.8) is 0 Å². The summed E-state index contributed by atoms with van der Waals surface area (Å²) in [6.45, 7) is 9.08. The van der Waals surface area contributed by atoms with Gasteiger partial charge in [0.25, 0.3) is 0 Å². The minimum Gasteiger partial charge on any atom is -0.356 e. The fourth-order valence-electron chi connectivity index (χ4n) is 2.63. The smallest absolute Gasteiger partial charge is 0.191 e. The second-order valence-corrected chi connectivity index (χ2v) is 5.34. The molecule has 98 valence electrons. The fourth-order valence-corrected chi connectivity index (χ4v) is 2.63. The molecule has 0 spiro atoms. The summed E-state index contributed by atoms with van der Waals surface area (Å²) in [6.07, 6.45) is 5.21. The molecule has 0 bridgehead atoms. The molecule has 0 aromatic rings. The molecule has 1 atom stereocenters. The molecule has 0 aromatic heterocycles. The SMILES string of the molecule is CC1CCCN(CCNC2=NCCCCN2)C1. The molecule has 1 fully saturated rings. The number of aliphatic imine (C=N–C) groups is 1. The van der Waals surface area contributed by atoms with Crippen LogP contribution in [-0.4, -0.2) is 50.1 Å². The van der Waals surface area contributed by atoms with E-state index >= 15 is 0 Å². The van der Waals surface area contributed by atoms with Crippen molar-refractivity contribution in [1.82, 2.24) is 15.5 Å². The molecule has 4 heteroatoms. The number of nitrogens with zero attached hydrogens (tertiary/aromatic N) is 2. The maximum absolute atomic E-state index is 4.50. The lowest BCUT2D eigenvalue weighted by atomic mass is 10.0. The lowest BCUT2D eigenvalue weighted by Gasteiger charge is -2.30. The van der Waals surface area contributed by atoms with Crippen LogP contribution >= 0.6 is 0 Å². The second kappa shape index (κ2) is 6.84. The van der Waals surface area contributed by atoms with Gasteiger partial charge in [-0.3, -0.25) is 4.99 Å². The van der Waals surface area contributed by atoms with Crippen LogP contribution in [0.4, 0.5) is 0 Å². The van der Waals surface area contributed by atoms with Crippen molar-refractivity contribution < 1.29 is 0 Å². The molecule has 2 aliphatic rings. The summed E-state index contributed by atoms with van der Waals surface area (Å²) in [5, 5.41) is 6.77. The Bertz CT molecular complexity index is 252. The molecule has 1 saturated heterocycles. The molecule has 1 unspecified atom stereocenters. The van der Waals surface area contributed by atoms with Crippen LogP contribution in [0.3, 0.4) is 0 Å². The number of hydrogen-bond donors (Lipinski definition) is 2. The average Bonchev–Trinajstić information content (AvgIpc) is 2.58. The lowest BCUT2D eigenvalue weighted by Crippen LogP contribution is -2.43. The third-order valence-corrected chi connectivity index (χ3v) is 3.61. The van der Waals surface area contributed by atoms with Gasteiger partial charge < -0.3 is 15.5 Å². The molecule has 0 aromatic carbocycles. The molecular weight excluding hydrogens is 212 g/mol. The van der Waals surface area contributed by atoms with Crippen LogP contribution in [0.2, 0.25) is 0 Å². The zero-order chi connectivity index (χ0) is 11.9. The summed E-state index contributed by atoms with van der Waals surface area (Å²) in [7, 11) is 0. The highest BCUT2D eigenvalue weighted by Crippen LogP contribution is 2.14. The molecule has 2 heterocycles. The summed E-state index contributed by atoms with van der Waals surface area (Å²) >= 11 is 0. The third kappa shape index (κ3) is 4.54. The van der Waals surface area contributed by atoms with Gasteiger partial charge in [-0.1, -0.05) is 6.92 Å². The van der Waals surface area contributed by atoms with E-state index in [2.05, 4.69) is 27.4 Å². The molecule has 2 aliphatic heterocycles. The van der Waals surface area contributed by atoms with Crippen LogP contribution < -0.4 is 10.6 Å². The van der Waals surface area contributed by atoms with Crippen molar-refractivity contribution in [3.05, 3.63) is 0 Å². The van der Waals surface area contributed by atoms with E-state index in [9.17, 15) is 0 Å². The first-order valence-electron chi connectivity index (χ1n) is 7.09. The van der Waals surface area contributed by atoms with E-state index in [1.165, 1.54) is 38.8 Å². The van der Waals surface area contributed by atoms with Gasteiger partial charge in [-0.05, 0) is 38.1 Å². The Kier molecular flexibility index (Phi) is 5.10. The number of guanidine groups is 1. The highest BCUT2D eigenvalue weighted by molar-refractivity contribution is 5.79. The van der Waals surface area contributed by atoms with Crippen LogP contribution in [0.5, 0.6) is 0 Å². The highest BCUT2D eigenvalue weighted by atomic mass is 15.2. The van der Waals surface area contributed by atoms with E-state index in [4.69, 9.17) is 0 Å². The first-order chi connectivity index (χ1) is 8.34. The topological polar surface area (TPSA) is 39.7 Å². The Morgan fingerprint density at radius 1 is 1.41 bits per heavy atom. The van der Waals surface area contributed by atoms with Gasteiger partial charge in [0, 0.05) is 32.7 Å². The monoisotopic (exact) mass is 238 g/mol. The van der Waals surface area contributed by atoms with Crippen LogP contribution in [0.1, 0.15) is 32.6 Å². The van der Waals surface area contributed by atoms with Gasteiger partial charge in [0.05, 0.1) is 0 Å². The van der Waals surface area contributed by atoms with E-state index < -0.39 is 0 Å². The van der Waals surface area contributed by atoms with Gasteiger partial charge in [-0.2, -0.15) is 0 Å². The molecule has 0 saturated carbocycles. The number of likely N-dealkylation sites (tertiary alicyclic amines) is 1. The zero-order valence-corrected chi connectivity index (χ0v) is 11.0. The summed E-state index contributed by atoms with van der Waals surface area (Å²) in [5.74, 6) is 1.88. The average molecular weight is 238 g/mol. The molecule has 0 amide bonds. The minimum atomic E-state index is 0.872. The zero-order valence-electron chi connectivity index (χ0n) is 11.0. The Labute approximate surface area is 105 Å². The van der Waals surface area contributed by atoms with Gasteiger partial charge in [-0.25, -0.2) is 0 Å². The van der Waals surface area contributed by atoms with E-state index in [0.29, 0.717) is 0 Å². The summed E-state index contributed by atoms with van der Waals surface area (Å²) in [6, 6.07) is 0. The number of hydrogen-bond acceptors (Lipinski definition) is 4. The maximum atomic E-state index is 4.50. The van der Waals surface area contributed by atoms with E-state index in [1.807, 2.05) is 0 Å². The quantitative estimate of drug-likeness (QED) is 0.772. The van der Waals surface area contributed by atoms with Crippen LogP contribution in [0.15, 0.2) is 4.99 Å². The molecule has 17 heavy (non-hydrogen) atoms. The predicted molar refractivity (Wildman–Crippen MR) is 72.4 cm³/mol. The number of piperidine rings is 1. The largest absolute Gasteiger partial charge is 0.356 e. The van der Waals surface area contributed by atoms with Crippen molar-refractivity contribution >= 4 is 5.96 Å². The van der Waals surface area contributed by atoms with Gasteiger partial charge >= 0.3 is 0 Å². The normalized spacial score (nSPS) is 26.9. The third-order valence-electron chi connectivity index (χ3n) is 3.61. The Hall–Kier alpha value is -0.770. The Balaban J connectivity index is 1.63. The van der Waals surface area contributed by atoms with Crippen molar-refractivity contribution in [2.75, 3.05) is 39.3 Å². The van der Waals surface area contributed by atoms with Gasteiger partial charge in [0.15, 0.2) is 5.96 Å². The summed E-state index contributed by atoms with van der Waals surface area (Å²) < 4.78 is 0. The van der Waals surface area contributed by atoms with Gasteiger partial charge in [-0.15, -0.1) is 0 Å². The highest BCUT2D eigenvalue weighted by Gasteiger charge is 2.15. The van der Waals surface area contributed by atoms with Crippen LogP contribution in [-0.2, 0) is 0 Å². The molecule has 0 aliphatic carbocycles. The predicted octanol–water partition coefficient (Wildman–Crippen LogP) is 1.05. The van der Waals surface area contributed by atoms with E-state index in [1.54, 1.807) is 0 Å². The van der Waals surface area contributed by atoms with Crippen molar-refractivity contribution in [3.8, 4) is 0 Å². The lowest BCUT2D eigenvalue weighted by molar-refractivity contribution is 0.187. The number of rotatable bonds is 3. The maximum Gasteiger partial charge on any atom is 0.191 e. The summed E-state index contributed by atoms with van der Waals surface area (Å²) in [5.41, 5.74) is 0. The van der Waals surface area contributed by atoms with E-state index in [-0.39, 0.29) is 0 Å². The molecular formula is C13H26N4. The fraction of sp³-hybridized carbons (Fsp3) is 0.923. The molecule has 2 rings (SSSR count). The number of nitrogens with one attached hydrogen (secondary N) is 2. The van der Waals surface area contributed by atoms with Gasteiger partial charge in [0.2, 0.25) is 0 Å². The first kappa shape index (κ1) is 12.7. The van der Waals surface area contributed by atoms with Crippen LogP contribution in [0, 0.1) is 5.92 Å². The standard InChI is InChI=1S/C13H26N4/c1-12-5-4-9-17(11-12)10-8-16-13-14-6-2-3-7-15-13/h12H,2-11H2,1H3,(H2,14,15,16). The van der Waals surface area contributed by atoms with Crippen molar-refractivity contribution in [1.29, 1.82) is 0 Å². The second-order valence-electron chi connectivity index (χ2n) is 5.34. The molecule has 2 N–H and O–H groups in total. The first-order valence-corrected chi connectivity index (χ1v) is 7.09. The van der Waals surface area contributed by atoms with Crippen molar-refractivity contribution in [2.45, 2.75) is 32.6 Å². The van der Waals surface area contributed by atoms with Gasteiger partial charge in [0.1, 0.15) is 0 Å². The van der Waals surface area contributed by atoms with Crippen molar-refractivity contribution in [2.24, 2.45) is 10.9 Å². The summed E-state index contributed by atoms with van der Waals surface area (Å²) in [4.78, 5) is 7.06. The molecule has 4 nitrogen and oxygen atoms in total. The van der Waals surface area contributed by atoms with Crippen LogP contribution in [0.25, 0.3) is 0 Å². The minimum absolute atomic E-state index is 0.872.